The van der Waals surface area contributed by atoms with Gasteiger partial charge in [-0.05, 0) is 30.2 Å². The molecular weight excluding hydrogens is 270 g/mol. The van der Waals surface area contributed by atoms with Gasteiger partial charge < -0.3 is 5.32 Å². The van der Waals surface area contributed by atoms with Crippen molar-refractivity contribution in [2.75, 3.05) is 11.5 Å². The summed E-state index contributed by atoms with van der Waals surface area (Å²) in [6.07, 6.45) is 0. The van der Waals surface area contributed by atoms with E-state index >= 15 is 0 Å². The first kappa shape index (κ1) is 13.6. The molecule has 1 fully saturated rings. The predicted octanol–water partition coefficient (Wildman–Crippen LogP) is 2.68. The van der Waals surface area contributed by atoms with Gasteiger partial charge in [0.25, 0.3) is 0 Å². The van der Waals surface area contributed by atoms with Crippen LogP contribution in [0.2, 0.25) is 0 Å². The van der Waals surface area contributed by atoms with Gasteiger partial charge in [0.1, 0.15) is 0 Å². The average Bonchev–Trinajstić information content (AvgIpc) is 2.34. The third kappa shape index (κ3) is 2.58. The van der Waals surface area contributed by atoms with Gasteiger partial charge in [-0.25, -0.2) is 8.42 Å². The standard InChI is InChI=1S/C16H19NO2S/c1-16(2)11-20(18,19)10-15(17-16)14-9-5-7-12-6-3-4-8-13(12)14/h3-9,15,17H,10-11H2,1-2H3. The zero-order valence-electron chi connectivity index (χ0n) is 11.8. The lowest BCUT2D eigenvalue weighted by molar-refractivity contribution is 0.361. The summed E-state index contributed by atoms with van der Waals surface area (Å²) in [5.41, 5.74) is 0.679. The van der Waals surface area contributed by atoms with Crippen LogP contribution in [-0.2, 0) is 9.84 Å². The summed E-state index contributed by atoms with van der Waals surface area (Å²) in [5.74, 6) is 0.367. The Balaban J connectivity index is 2.11. The van der Waals surface area contributed by atoms with Gasteiger partial charge in [-0.2, -0.15) is 0 Å². The van der Waals surface area contributed by atoms with Gasteiger partial charge in [0.2, 0.25) is 0 Å². The van der Waals surface area contributed by atoms with E-state index in [2.05, 4.69) is 23.5 Å². The fraction of sp³-hybridized carbons (Fsp3) is 0.375. The van der Waals surface area contributed by atoms with Gasteiger partial charge >= 0.3 is 0 Å². The molecule has 2 aromatic carbocycles. The van der Waals surface area contributed by atoms with Crippen LogP contribution in [0.25, 0.3) is 10.8 Å². The maximum absolute atomic E-state index is 12.1. The van der Waals surface area contributed by atoms with Gasteiger partial charge in [-0.3, -0.25) is 0 Å². The van der Waals surface area contributed by atoms with Crippen LogP contribution in [0.3, 0.4) is 0 Å². The van der Waals surface area contributed by atoms with Crippen molar-refractivity contribution in [3.05, 3.63) is 48.0 Å². The lowest BCUT2D eigenvalue weighted by Gasteiger charge is -2.37. The summed E-state index contributed by atoms with van der Waals surface area (Å²) in [7, 11) is -3.02. The molecule has 1 unspecified atom stereocenters. The van der Waals surface area contributed by atoms with Gasteiger partial charge in [0.15, 0.2) is 9.84 Å². The molecular formula is C16H19NO2S. The molecule has 0 saturated carbocycles. The van der Waals surface area contributed by atoms with Crippen molar-refractivity contribution >= 4 is 20.6 Å². The highest BCUT2D eigenvalue weighted by molar-refractivity contribution is 7.91. The van der Waals surface area contributed by atoms with E-state index in [-0.39, 0.29) is 17.5 Å². The van der Waals surface area contributed by atoms with Crippen molar-refractivity contribution in [1.82, 2.24) is 5.32 Å². The fourth-order valence-electron chi connectivity index (χ4n) is 3.14. The molecule has 1 saturated heterocycles. The lowest BCUT2D eigenvalue weighted by Crippen LogP contribution is -2.54. The Morgan fingerprint density at radius 2 is 1.80 bits per heavy atom. The zero-order chi connectivity index (χ0) is 14.4. The van der Waals surface area contributed by atoms with Crippen molar-refractivity contribution in [2.24, 2.45) is 0 Å². The van der Waals surface area contributed by atoms with E-state index in [0.717, 1.165) is 16.3 Å². The van der Waals surface area contributed by atoms with Crippen molar-refractivity contribution in [3.8, 4) is 0 Å². The molecule has 20 heavy (non-hydrogen) atoms. The molecule has 0 amide bonds. The molecule has 1 heterocycles. The monoisotopic (exact) mass is 289 g/mol. The van der Waals surface area contributed by atoms with Gasteiger partial charge in [-0.15, -0.1) is 0 Å². The molecule has 106 valence electrons. The van der Waals surface area contributed by atoms with E-state index in [9.17, 15) is 8.42 Å². The Morgan fingerprint density at radius 3 is 2.55 bits per heavy atom. The molecule has 3 nitrogen and oxygen atoms in total. The van der Waals surface area contributed by atoms with Crippen LogP contribution in [0, 0.1) is 0 Å². The van der Waals surface area contributed by atoms with Crippen molar-refractivity contribution in [3.63, 3.8) is 0 Å². The molecule has 2 aromatic rings. The number of hydrogen-bond donors (Lipinski definition) is 1. The third-order valence-corrected chi connectivity index (χ3v) is 5.77. The first-order chi connectivity index (χ1) is 9.36. The summed E-state index contributed by atoms with van der Waals surface area (Å²) in [5, 5.41) is 5.75. The number of nitrogens with one attached hydrogen (secondary N) is 1. The Hall–Kier alpha value is -1.39. The number of sulfone groups is 1. The molecule has 1 atom stereocenters. The SMILES string of the molecule is CC1(C)CS(=O)(=O)CC(c2cccc3ccccc23)N1. The molecule has 0 bridgehead atoms. The maximum atomic E-state index is 12.1. The molecule has 0 spiro atoms. The molecule has 0 radical (unpaired) electrons. The van der Waals surface area contributed by atoms with E-state index in [0.29, 0.717) is 0 Å². The van der Waals surface area contributed by atoms with Crippen LogP contribution >= 0.6 is 0 Å². The van der Waals surface area contributed by atoms with Gasteiger partial charge in [0, 0.05) is 11.6 Å². The van der Waals surface area contributed by atoms with E-state index in [1.54, 1.807) is 0 Å². The quantitative estimate of drug-likeness (QED) is 0.878. The van der Waals surface area contributed by atoms with E-state index in [1.165, 1.54) is 0 Å². The van der Waals surface area contributed by atoms with Crippen LogP contribution < -0.4 is 5.32 Å². The molecule has 0 aromatic heterocycles. The molecule has 4 heteroatoms. The van der Waals surface area contributed by atoms with Crippen LogP contribution in [-0.4, -0.2) is 25.5 Å². The number of hydrogen-bond acceptors (Lipinski definition) is 3. The van der Waals surface area contributed by atoms with Gasteiger partial charge in [0.05, 0.1) is 11.5 Å². The Labute approximate surface area is 119 Å². The maximum Gasteiger partial charge on any atom is 0.153 e. The van der Waals surface area contributed by atoms with E-state index < -0.39 is 15.4 Å². The highest BCUT2D eigenvalue weighted by Crippen LogP contribution is 2.30. The zero-order valence-corrected chi connectivity index (χ0v) is 12.6. The topological polar surface area (TPSA) is 46.2 Å². The average molecular weight is 289 g/mol. The minimum Gasteiger partial charge on any atom is -0.303 e. The Morgan fingerprint density at radius 1 is 1.10 bits per heavy atom. The van der Waals surface area contributed by atoms with Crippen molar-refractivity contribution in [1.29, 1.82) is 0 Å². The van der Waals surface area contributed by atoms with Crippen molar-refractivity contribution in [2.45, 2.75) is 25.4 Å². The van der Waals surface area contributed by atoms with Crippen LogP contribution in [0.1, 0.15) is 25.5 Å². The predicted molar refractivity (Wildman–Crippen MR) is 82.6 cm³/mol. The minimum absolute atomic E-state index is 0.144. The van der Waals surface area contributed by atoms with E-state index in [1.807, 2.05) is 38.1 Å². The number of fused-ring (bicyclic) bond motifs is 1. The number of benzene rings is 2. The summed E-state index contributed by atoms with van der Waals surface area (Å²) in [4.78, 5) is 0. The fourth-order valence-corrected chi connectivity index (χ4v) is 5.21. The highest BCUT2D eigenvalue weighted by atomic mass is 32.2. The van der Waals surface area contributed by atoms with Crippen LogP contribution in [0.5, 0.6) is 0 Å². The summed E-state index contributed by atoms with van der Waals surface area (Å²) >= 11 is 0. The summed E-state index contributed by atoms with van der Waals surface area (Å²) in [6.45, 7) is 3.89. The number of rotatable bonds is 1. The van der Waals surface area contributed by atoms with Crippen LogP contribution in [0.15, 0.2) is 42.5 Å². The highest BCUT2D eigenvalue weighted by Gasteiger charge is 2.37. The minimum atomic E-state index is -3.02. The second kappa shape index (κ2) is 4.57. The first-order valence-corrected chi connectivity index (χ1v) is 8.64. The second-order valence-corrected chi connectivity index (χ2v) is 8.31. The Bertz CT molecular complexity index is 745. The van der Waals surface area contributed by atoms with Gasteiger partial charge in [-0.1, -0.05) is 42.5 Å². The largest absolute Gasteiger partial charge is 0.303 e. The molecule has 0 aliphatic carbocycles. The Kier molecular flexibility index (Phi) is 3.10. The molecule has 1 aliphatic rings. The first-order valence-electron chi connectivity index (χ1n) is 6.82. The summed E-state index contributed by atoms with van der Waals surface area (Å²) in [6, 6.07) is 14.0. The van der Waals surface area contributed by atoms with E-state index in [4.69, 9.17) is 0 Å². The lowest BCUT2D eigenvalue weighted by atomic mass is 9.97. The smallest absolute Gasteiger partial charge is 0.153 e. The van der Waals surface area contributed by atoms with Crippen molar-refractivity contribution < 1.29 is 8.42 Å². The third-order valence-electron chi connectivity index (χ3n) is 3.77. The normalized spacial score (nSPS) is 24.6. The van der Waals surface area contributed by atoms with Crippen LogP contribution in [0.4, 0.5) is 0 Å². The molecule has 3 rings (SSSR count). The second-order valence-electron chi connectivity index (χ2n) is 6.20. The summed E-state index contributed by atoms with van der Waals surface area (Å²) < 4.78 is 24.3. The molecule has 1 aliphatic heterocycles. The molecule has 1 N–H and O–H groups in total.